The Kier molecular flexibility index (Phi) is 5.09. The van der Waals surface area contributed by atoms with Crippen LogP contribution in [0, 0.1) is 5.82 Å². The van der Waals surface area contributed by atoms with E-state index in [0.29, 0.717) is 33.9 Å². The van der Waals surface area contributed by atoms with Crippen LogP contribution in [0.2, 0.25) is 0 Å². The van der Waals surface area contributed by atoms with Crippen molar-refractivity contribution in [3.63, 3.8) is 0 Å². The smallest absolute Gasteiger partial charge is 0.312 e. The molecule has 6 rings (SSSR count). The van der Waals surface area contributed by atoms with Gasteiger partial charge >= 0.3 is 11.8 Å². The van der Waals surface area contributed by atoms with Crippen LogP contribution in [0.3, 0.4) is 0 Å². The zero-order valence-electron chi connectivity index (χ0n) is 17.7. The molecule has 1 aliphatic rings. The van der Waals surface area contributed by atoms with Crippen molar-refractivity contribution < 1.29 is 22.4 Å². The predicted octanol–water partition coefficient (Wildman–Crippen LogP) is 3.46. The van der Waals surface area contributed by atoms with Crippen molar-refractivity contribution in [1.29, 1.82) is 0 Å². The summed E-state index contributed by atoms with van der Waals surface area (Å²) in [5.41, 5.74) is 2.00. The highest BCUT2D eigenvalue weighted by molar-refractivity contribution is 7.18. The molecule has 1 atom stereocenters. The number of carbonyl (C=O) groups excluding carboxylic acids is 1. The fourth-order valence-electron chi connectivity index (χ4n) is 4.06. The van der Waals surface area contributed by atoms with Crippen molar-refractivity contribution in [1.82, 2.24) is 39.8 Å². The van der Waals surface area contributed by atoms with E-state index in [1.807, 2.05) is 0 Å². The lowest BCUT2D eigenvalue weighted by molar-refractivity contribution is 0.0650. The number of halogens is 3. The number of thiazole rings is 1. The molecule has 0 saturated heterocycles. The first-order chi connectivity index (χ1) is 17.0. The minimum atomic E-state index is -2.57. The van der Waals surface area contributed by atoms with Gasteiger partial charge in [-0.2, -0.15) is 5.10 Å². The predicted molar refractivity (Wildman–Crippen MR) is 116 cm³/mol. The topological polar surface area (TPSA) is 119 Å². The number of hydrogen-bond acceptors (Lipinski definition) is 8. The summed E-state index contributed by atoms with van der Waals surface area (Å²) in [6.45, 7) is -0.273. The quantitative estimate of drug-likeness (QED) is 0.393. The van der Waals surface area contributed by atoms with Crippen molar-refractivity contribution in [3.8, 4) is 11.5 Å². The van der Waals surface area contributed by atoms with Gasteiger partial charge in [0.2, 0.25) is 0 Å². The Balaban J connectivity index is 1.34. The Morgan fingerprint density at radius 2 is 2.20 bits per heavy atom. The van der Waals surface area contributed by atoms with Gasteiger partial charge in [-0.1, -0.05) is 6.07 Å². The maximum atomic E-state index is 14.3. The average Bonchev–Trinajstić information content (AvgIpc) is 3.63. The van der Waals surface area contributed by atoms with Crippen molar-refractivity contribution in [2.45, 2.75) is 25.4 Å². The molecular formula is C21H15F3N8O2S. The van der Waals surface area contributed by atoms with Gasteiger partial charge < -0.3 is 14.3 Å². The van der Waals surface area contributed by atoms with E-state index in [-0.39, 0.29) is 17.3 Å². The molecule has 0 spiro atoms. The van der Waals surface area contributed by atoms with Gasteiger partial charge in [0.25, 0.3) is 12.3 Å². The Morgan fingerprint density at radius 1 is 1.31 bits per heavy atom. The number of para-hydroxylation sites is 1. The molecule has 0 radical (unpaired) electrons. The van der Waals surface area contributed by atoms with Crippen molar-refractivity contribution in [2.75, 3.05) is 6.54 Å². The van der Waals surface area contributed by atoms with E-state index in [1.54, 1.807) is 18.5 Å². The normalized spacial score (nSPS) is 15.8. The molecule has 0 unspecified atom stereocenters. The molecule has 14 heteroatoms. The van der Waals surface area contributed by atoms with E-state index >= 15 is 0 Å². The molecule has 1 amide bonds. The molecule has 10 nitrogen and oxygen atoms in total. The van der Waals surface area contributed by atoms with E-state index in [1.165, 1.54) is 34.7 Å². The van der Waals surface area contributed by atoms with Gasteiger partial charge in [0, 0.05) is 24.9 Å². The summed E-state index contributed by atoms with van der Waals surface area (Å²) in [4.78, 5) is 26.9. The Bertz CT molecular complexity index is 1540. The molecule has 1 aliphatic heterocycles. The second-order valence-electron chi connectivity index (χ2n) is 7.81. The summed E-state index contributed by atoms with van der Waals surface area (Å²) >= 11 is 1.27. The molecule has 4 aromatic heterocycles. The number of amides is 1. The second-order valence-corrected chi connectivity index (χ2v) is 8.87. The van der Waals surface area contributed by atoms with Crippen LogP contribution >= 0.6 is 11.3 Å². The number of aromatic amines is 1. The van der Waals surface area contributed by atoms with Gasteiger partial charge in [-0.05, 0) is 12.1 Å². The Labute approximate surface area is 198 Å². The minimum Gasteiger partial charge on any atom is -0.412 e. The number of aromatic nitrogens is 7. The SMILES string of the molecule is O=C(c1nnc(-c2cnn(CC(F)F)c2)o1)N1CCc2[nH]cnc2[C@H]1c1nc2c(F)cccc2s1. The third-order valence-corrected chi connectivity index (χ3v) is 6.69. The van der Waals surface area contributed by atoms with Gasteiger partial charge in [-0.3, -0.25) is 9.48 Å². The van der Waals surface area contributed by atoms with E-state index < -0.39 is 30.7 Å². The van der Waals surface area contributed by atoms with Crippen molar-refractivity contribution in [3.05, 3.63) is 65.0 Å². The lowest BCUT2D eigenvalue weighted by atomic mass is 10.0. The Hall–Kier alpha value is -4.07. The van der Waals surface area contributed by atoms with Crippen LogP contribution in [0.25, 0.3) is 21.7 Å². The lowest BCUT2D eigenvalue weighted by Crippen LogP contribution is -2.41. The van der Waals surface area contributed by atoms with Crippen LogP contribution in [0.5, 0.6) is 0 Å². The fourth-order valence-corrected chi connectivity index (χ4v) is 5.16. The zero-order chi connectivity index (χ0) is 24.1. The monoisotopic (exact) mass is 500 g/mol. The van der Waals surface area contributed by atoms with Gasteiger partial charge in [-0.25, -0.2) is 23.1 Å². The largest absolute Gasteiger partial charge is 0.412 e. The molecule has 1 N–H and O–H groups in total. The number of benzene rings is 1. The van der Waals surface area contributed by atoms with Gasteiger partial charge in [0.15, 0.2) is 0 Å². The Morgan fingerprint density at radius 3 is 3.03 bits per heavy atom. The second kappa shape index (κ2) is 8.30. The number of fused-ring (bicyclic) bond motifs is 2. The van der Waals surface area contributed by atoms with Crippen LogP contribution in [0.1, 0.15) is 33.1 Å². The number of hydrogen-bond donors (Lipinski definition) is 1. The minimum absolute atomic E-state index is 0.0232. The molecule has 0 aliphatic carbocycles. The number of H-pyrrole nitrogens is 1. The van der Waals surface area contributed by atoms with Gasteiger partial charge in [0.1, 0.15) is 28.9 Å². The number of nitrogens with one attached hydrogen (secondary N) is 1. The third kappa shape index (κ3) is 3.75. The molecule has 5 aromatic rings. The highest BCUT2D eigenvalue weighted by Gasteiger charge is 2.38. The van der Waals surface area contributed by atoms with Gasteiger partial charge in [0.05, 0.1) is 28.5 Å². The molecule has 0 fully saturated rings. The highest BCUT2D eigenvalue weighted by atomic mass is 32.1. The average molecular weight is 500 g/mol. The number of imidazole rings is 1. The molecule has 0 saturated carbocycles. The number of rotatable bonds is 5. The van der Waals surface area contributed by atoms with Crippen LogP contribution < -0.4 is 0 Å². The molecule has 35 heavy (non-hydrogen) atoms. The summed E-state index contributed by atoms with van der Waals surface area (Å²) in [7, 11) is 0. The first-order valence-corrected chi connectivity index (χ1v) is 11.3. The van der Waals surface area contributed by atoms with Crippen LogP contribution in [0.4, 0.5) is 13.2 Å². The lowest BCUT2D eigenvalue weighted by Gasteiger charge is -2.32. The van der Waals surface area contributed by atoms with Crippen molar-refractivity contribution in [2.24, 2.45) is 0 Å². The van der Waals surface area contributed by atoms with Crippen LogP contribution in [-0.2, 0) is 13.0 Å². The van der Waals surface area contributed by atoms with Crippen LogP contribution in [-0.4, -0.2) is 58.7 Å². The highest BCUT2D eigenvalue weighted by Crippen LogP contribution is 2.38. The molecule has 178 valence electrons. The number of carbonyl (C=O) groups is 1. The van der Waals surface area contributed by atoms with Gasteiger partial charge in [-0.15, -0.1) is 21.5 Å². The summed E-state index contributed by atoms with van der Waals surface area (Å²) in [6.07, 6.45) is 2.13. The fraction of sp³-hybridized carbons (Fsp3) is 0.238. The molecular weight excluding hydrogens is 485 g/mol. The van der Waals surface area contributed by atoms with E-state index in [4.69, 9.17) is 4.42 Å². The summed E-state index contributed by atoms with van der Waals surface area (Å²) in [5, 5.41) is 12.1. The van der Waals surface area contributed by atoms with Crippen LogP contribution in [0.15, 0.2) is 41.3 Å². The number of nitrogens with zero attached hydrogens (tertiary/aromatic N) is 7. The van der Waals surface area contributed by atoms with E-state index in [9.17, 15) is 18.0 Å². The molecule has 1 aromatic carbocycles. The summed E-state index contributed by atoms with van der Waals surface area (Å²) < 4.78 is 46.8. The zero-order valence-corrected chi connectivity index (χ0v) is 18.5. The third-order valence-electron chi connectivity index (χ3n) is 5.62. The number of alkyl halides is 2. The summed E-state index contributed by atoms with van der Waals surface area (Å²) in [5.74, 6) is -1.31. The first-order valence-electron chi connectivity index (χ1n) is 10.5. The van der Waals surface area contributed by atoms with E-state index in [0.717, 1.165) is 10.4 Å². The maximum absolute atomic E-state index is 14.3. The van der Waals surface area contributed by atoms with E-state index in [2.05, 4.69) is 30.2 Å². The first kappa shape index (κ1) is 21.5. The summed E-state index contributed by atoms with van der Waals surface area (Å²) in [6, 6.07) is 4.02. The molecule has 5 heterocycles. The molecule has 0 bridgehead atoms. The van der Waals surface area contributed by atoms with Crippen molar-refractivity contribution >= 4 is 27.5 Å². The standard InChI is InChI=1S/C21H15F3N8O2S/c22-11-2-1-3-13-15(11)28-20(35-13)17-16-12(25-9-26-16)4-5-32(17)21(33)19-30-29-18(34-19)10-6-27-31(7-10)8-14(23)24/h1-3,6-7,9,14,17H,4-5,8H2,(H,25,26)/t17-/m0/s1. The maximum Gasteiger partial charge on any atom is 0.312 e.